The fourth-order valence-electron chi connectivity index (χ4n) is 1.62. The molecule has 108 valence electrons. The van der Waals surface area contributed by atoms with Gasteiger partial charge in [0.1, 0.15) is 5.56 Å². The van der Waals surface area contributed by atoms with E-state index in [0.29, 0.717) is 12.1 Å². The predicted octanol–water partition coefficient (Wildman–Crippen LogP) is 3.78. The van der Waals surface area contributed by atoms with Crippen LogP contribution in [-0.2, 0) is 0 Å². The molecular weight excluding hydrogens is 306 g/mol. The molecule has 0 spiro atoms. The van der Waals surface area contributed by atoms with Crippen LogP contribution in [0.3, 0.4) is 0 Å². The molecule has 0 heterocycles. The molecule has 0 fully saturated rings. The summed E-state index contributed by atoms with van der Waals surface area (Å²) in [6, 6.07) is 7.00. The molecule has 8 heteroatoms. The molecule has 1 N–H and O–H groups in total. The van der Waals surface area contributed by atoms with Gasteiger partial charge in [-0.3, -0.25) is 14.9 Å². The van der Waals surface area contributed by atoms with E-state index in [9.17, 15) is 23.7 Å². The van der Waals surface area contributed by atoms with E-state index in [1.165, 1.54) is 12.1 Å². The fraction of sp³-hybridized carbons (Fsp3) is 0. The molecule has 2 aromatic rings. The van der Waals surface area contributed by atoms with E-state index in [1.807, 2.05) is 0 Å². The van der Waals surface area contributed by atoms with Crippen LogP contribution < -0.4 is 5.32 Å². The lowest BCUT2D eigenvalue weighted by Gasteiger charge is -2.07. The Balaban J connectivity index is 2.42. The number of amides is 1. The van der Waals surface area contributed by atoms with Crippen molar-refractivity contribution in [1.29, 1.82) is 0 Å². The van der Waals surface area contributed by atoms with E-state index in [4.69, 9.17) is 11.6 Å². The molecule has 0 saturated heterocycles. The van der Waals surface area contributed by atoms with E-state index in [-0.39, 0.29) is 10.7 Å². The zero-order chi connectivity index (χ0) is 15.6. The topological polar surface area (TPSA) is 72.2 Å². The van der Waals surface area contributed by atoms with Crippen molar-refractivity contribution in [3.05, 3.63) is 68.7 Å². The Morgan fingerprint density at radius 3 is 2.43 bits per heavy atom. The summed E-state index contributed by atoms with van der Waals surface area (Å²) in [4.78, 5) is 21.8. The third kappa shape index (κ3) is 3.14. The monoisotopic (exact) mass is 312 g/mol. The molecule has 0 atom stereocenters. The average Bonchev–Trinajstić information content (AvgIpc) is 2.43. The summed E-state index contributed by atoms with van der Waals surface area (Å²) in [6.07, 6.45) is 0. The van der Waals surface area contributed by atoms with Crippen molar-refractivity contribution in [3.63, 3.8) is 0 Å². The Labute approximate surface area is 122 Å². The Bertz CT molecular complexity index is 737. The lowest BCUT2D eigenvalue weighted by molar-refractivity contribution is -0.385. The Morgan fingerprint density at radius 2 is 1.81 bits per heavy atom. The number of halogens is 3. The molecule has 0 unspecified atom stereocenters. The molecule has 21 heavy (non-hydrogen) atoms. The molecule has 2 rings (SSSR count). The number of hydrogen-bond donors (Lipinski definition) is 1. The van der Waals surface area contributed by atoms with E-state index >= 15 is 0 Å². The van der Waals surface area contributed by atoms with Crippen LogP contribution in [0, 0.1) is 21.7 Å². The van der Waals surface area contributed by atoms with Gasteiger partial charge in [-0.05, 0) is 18.2 Å². The zero-order valence-corrected chi connectivity index (χ0v) is 11.0. The number of hydrogen-bond acceptors (Lipinski definition) is 3. The number of nitrogens with zero attached hydrogens (tertiary/aromatic N) is 1. The maximum Gasteiger partial charge on any atom is 0.285 e. The Hall–Kier alpha value is -2.54. The van der Waals surface area contributed by atoms with Crippen molar-refractivity contribution < 1.29 is 18.5 Å². The molecular formula is C13H7ClF2N2O3. The quantitative estimate of drug-likeness (QED) is 0.692. The van der Waals surface area contributed by atoms with Gasteiger partial charge in [0.25, 0.3) is 11.6 Å². The fourth-order valence-corrected chi connectivity index (χ4v) is 1.80. The smallest absolute Gasteiger partial charge is 0.285 e. The number of nitrogens with one attached hydrogen (secondary N) is 1. The number of carbonyl (C=O) groups is 1. The van der Waals surface area contributed by atoms with Gasteiger partial charge >= 0.3 is 0 Å². The van der Waals surface area contributed by atoms with Crippen molar-refractivity contribution in [3.8, 4) is 0 Å². The highest BCUT2D eigenvalue weighted by Crippen LogP contribution is 2.25. The third-order valence-electron chi connectivity index (χ3n) is 2.60. The molecule has 2 aromatic carbocycles. The van der Waals surface area contributed by atoms with Gasteiger partial charge in [-0.25, -0.2) is 8.78 Å². The molecule has 5 nitrogen and oxygen atoms in total. The van der Waals surface area contributed by atoms with Gasteiger partial charge in [-0.15, -0.1) is 0 Å². The molecule has 0 radical (unpaired) electrons. The summed E-state index contributed by atoms with van der Waals surface area (Å²) in [6.45, 7) is 0. The van der Waals surface area contributed by atoms with Crippen LogP contribution in [0.25, 0.3) is 0 Å². The number of nitro groups is 1. The van der Waals surface area contributed by atoms with E-state index in [0.717, 1.165) is 0 Å². The standard InChI is InChI=1S/C13H7ClF2N2O3/c14-8-3-1-2-4-11(8)17-13(19)7-5-9(15)10(16)6-12(7)18(20)21/h1-6H,(H,17,19). The van der Waals surface area contributed by atoms with Crippen molar-refractivity contribution in [2.45, 2.75) is 0 Å². The van der Waals surface area contributed by atoms with Crippen LogP contribution in [-0.4, -0.2) is 10.8 Å². The maximum atomic E-state index is 13.2. The van der Waals surface area contributed by atoms with Crippen LogP contribution in [0.5, 0.6) is 0 Å². The second kappa shape index (κ2) is 5.84. The van der Waals surface area contributed by atoms with Crippen molar-refractivity contribution >= 4 is 28.9 Å². The lowest BCUT2D eigenvalue weighted by Crippen LogP contribution is -2.15. The molecule has 0 aromatic heterocycles. The first-order valence-electron chi connectivity index (χ1n) is 5.59. The molecule has 0 aliphatic heterocycles. The minimum absolute atomic E-state index is 0.197. The predicted molar refractivity (Wildman–Crippen MR) is 72.4 cm³/mol. The summed E-state index contributed by atoms with van der Waals surface area (Å²) < 4.78 is 26.2. The van der Waals surface area contributed by atoms with Crippen LogP contribution in [0.15, 0.2) is 36.4 Å². The first-order chi connectivity index (χ1) is 9.90. The second-order valence-electron chi connectivity index (χ2n) is 3.97. The molecule has 0 aliphatic rings. The minimum atomic E-state index is -1.41. The number of rotatable bonds is 3. The van der Waals surface area contributed by atoms with Gasteiger partial charge in [-0.2, -0.15) is 0 Å². The van der Waals surface area contributed by atoms with Crippen LogP contribution in [0.2, 0.25) is 5.02 Å². The van der Waals surface area contributed by atoms with Gasteiger partial charge in [0, 0.05) is 0 Å². The highest BCUT2D eigenvalue weighted by Gasteiger charge is 2.24. The number of nitro benzene ring substituents is 1. The van der Waals surface area contributed by atoms with Gasteiger partial charge in [-0.1, -0.05) is 23.7 Å². The van der Waals surface area contributed by atoms with Crippen molar-refractivity contribution in [2.24, 2.45) is 0 Å². The number of benzene rings is 2. The average molecular weight is 313 g/mol. The summed E-state index contributed by atoms with van der Waals surface area (Å²) in [7, 11) is 0. The molecule has 0 aliphatic carbocycles. The van der Waals surface area contributed by atoms with E-state index in [1.54, 1.807) is 12.1 Å². The van der Waals surface area contributed by atoms with Crippen molar-refractivity contribution in [2.75, 3.05) is 5.32 Å². The lowest BCUT2D eigenvalue weighted by atomic mass is 10.1. The van der Waals surface area contributed by atoms with Gasteiger partial charge < -0.3 is 5.32 Å². The minimum Gasteiger partial charge on any atom is -0.320 e. The van der Waals surface area contributed by atoms with Crippen molar-refractivity contribution in [1.82, 2.24) is 0 Å². The van der Waals surface area contributed by atoms with Gasteiger partial charge in [0.05, 0.1) is 21.7 Å². The molecule has 0 bridgehead atoms. The van der Waals surface area contributed by atoms with Gasteiger partial charge in [0.15, 0.2) is 11.6 Å². The summed E-state index contributed by atoms with van der Waals surface area (Å²) in [5.74, 6) is -3.73. The van der Waals surface area contributed by atoms with Crippen LogP contribution in [0.4, 0.5) is 20.2 Å². The number of anilines is 1. The SMILES string of the molecule is O=C(Nc1ccccc1Cl)c1cc(F)c(F)cc1[N+](=O)[O-]. The Morgan fingerprint density at radius 1 is 1.19 bits per heavy atom. The van der Waals surface area contributed by atoms with E-state index in [2.05, 4.69) is 5.32 Å². The summed E-state index contributed by atoms with van der Waals surface area (Å²) >= 11 is 5.83. The zero-order valence-electron chi connectivity index (χ0n) is 10.3. The van der Waals surface area contributed by atoms with E-state index < -0.39 is 33.7 Å². The van der Waals surface area contributed by atoms with Crippen LogP contribution in [0.1, 0.15) is 10.4 Å². The third-order valence-corrected chi connectivity index (χ3v) is 2.93. The summed E-state index contributed by atoms with van der Waals surface area (Å²) in [5, 5.41) is 13.3. The number of para-hydroxylation sites is 1. The highest BCUT2D eigenvalue weighted by atomic mass is 35.5. The number of carbonyl (C=O) groups excluding carboxylic acids is 1. The first kappa shape index (κ1) is 14.9. The molecule has 1 amide bonds. The summed E-state index contributed by atoms with van der Waals surface area (Å²) in [5.41, 5.74) is -1.24. The normalized spacial score (nSPS) is 10.2. The maximum absolute atomic E-state index is 13.2. The second-order valence-corrected chi connectivity index (χ2v) is 4.38. The largest absolute Gasteiger partial charge is 0.320 e. The first-order valence-corrected chi connectivity index (χ1v) is 5.97. The highest BCUT2D eigenvalue weighted by molar-refractivity contribution is 6.33. The molecule has 0 saturated carbocycles. The van der Waals surface area contributed by atoms with Gasteiger partial charge in [0.2, 0.25) is 0 Å². The van der Waals surface area contributed by atoms with Crippen LogP contribution >= 0.6 is 11.6 Å². The Kier molecular flexibility index (Phi) is 4.13.